The summed E-state index contributed by atoms with van der Waals surface area (Å²) >= 11 is 5.24. The van der Waals surface area contributed by atoms with Gasteiger partial charge in [-0.2, -0.15) is 5.10 Å². The first-order valence-corrected chi connectivity index (χ1v) is 8.94. The van der Waals surface area contributed by atoms with E-state index >= 15 is 0 Å². The molecule has 2 aromatic rings. The molecule has 0 bridgehead atoms. The van der Waals surface area contributed by atoms with Crippen molar-refractivity contribution in [1.82, 2.24) is 20.6 Å². The Hall–Kier alpha value is -2.09. The second kappa shape index (κ2) is 9.41. The number of rotatable bonds is 6. The van der Waals surface area contributed by atoms with Crippen LogP contribution in [0.1, 0.15) is 12.0 Å². The smallest absolute Gasteiger partial charge is 0.186 e. The van der Waals surface area contributed by atoms with Gasteiger partial charge in [-0.1, -0.05) is 12.1 Å². The third kappa shape index (κ3) is 5.74. The quantitative estimate of drug-likeness (QED) is 0.356. The summed E-state index contributed by atoms with van der Waals surface area (Å²) in [5.74, 6) is 0. The molecular formula is C18H23N5OS. The molecule has 0 unspecified atom stereocenters. The molecular weight excluding hydrogens is 334 g/mol. The first-order valence-electron chi connectivity index (χ1n) is 8.53. The molecule has 0 aliphatic carbocycles. The largest absolute Gasteiger partial charge is 0.379 e. The number of ether oxygens (including phenoxy) is 1. The number of hydrogen-bond donors (Lipinski definition) is 2. The lowest BCUT2D eigenvalue weighted by Gasteiger charge is -2.26. The van der Waals surface area contributed by atoms with Crippen LogP contribution in [0.25, 0.3) is 10.9 Å². The first kappa shape index (κ1) is 17.7. The highest BCUT2D eigenvalue weighted by Gasteiger charge is 2.08. The van der Waals surface area contributed by atoms with Crippen LogP contribution in [0.4, 0.5) is 0 Å². The predicted octanol–water partition coefficient (Wildman–Crippen LogP) is 1.76. The van der Waals surface area contributed by atoms with Gasteiger partial charge in [-0.05, 0) is 48.9 Å². The van der Waals surface area contributed by atoms with E-state index in [0.717, 1.165) is 62.3 Å². The molecule has 132 valence electrons. The van der Waals surface area contributed by atoms with Crippen LogP contribution in [0.3, 0.4) is 0 Å². The topological polar surface area (TPSA) is 61.8 Å². The summed E-state index contributed by atoms with van der Waals surface area (Å²) in [6.07, 6.45) is 4.60. The Kier molecular flexibility index (Phi) is 6.67. The maximum Gasteiger partial charge on any atom is 0.186 e. The number of fused-ring (bicyclic) bond motifs is 1. The molecule has 1 fully saturated rings. The Morgan fingerprint density at radius 3 is 3.08 bits per heavy atom. The van der Waals surface area contributed by atoms with Gasteiger partial charge < -0.3 is 10.1 Å². The van der Waals surface area contributed by atoms with E-state index in [2.05, 4.69) is 25.7 Å². The van der Waals surface area contributed by atoms with E-state index in [-0.39, 0.29) is 0 Å². The van der Waals surface area contributed by atoms with Gasteiger partial charge in [0.05, 0.1) is 24.9 Å². The molecule has 1 aromatic carbocycles. The summed E-state index contributed by atoms with van der Waals surface area (Å²) in [4.78, 5) is 6.72. The molecule has 3 rings (SSSR count). The van der Waals surface area contributed by atoms with E-state index in [0.29, 0.717) is 5.11 Å². The summed E-state index contributed by atoms with van der Waals surface area (Å²) in [6, 6.07) is 9.98. The van der Waals surface area contributed by atoms with Gasteiger partial charge in [-0.25, -0.2) is 0 Å². The summed E-state index contributed by atoms with van der Waals surface area (Å²) in [5, 5.41) is 9.00. The van der Waals surface area contributed by atoms with Gasteiger partial charge in [0, 0.05) is 31.2 Å². The van der Waals surface area contributed by atoms with Gasteiger partial charge in [0.1, 0.15) is 0 Å². The lowest BCUT2D eigenvalue weighted by atomic mass is 10.1. The monoisotopic (exact) mass is 357 g/mol. The number of nitrogens with one attached hydrogen (secondary N) is 2. The fourth-order valence-electron chi connectivity index (χ4n) is 2.71. The van der Waals surface area contributed by atoms with Crippen molar-refractivity contribution in [3.63, 3.8) is 0 Å². The molecule has 1 aromatic heterocycles. The minimum atomic E-state index is 0.542. The second-order valence-electron chi connectivity index (χ2n) is 5.89. The highest BCUT2D eigenvalue weighted by molar-refractivity contribution is 7.80. The SMILES string of the molecule is S=C(NCCCN1CCOCC1)N/N=C/c1ccc2ncccc2c1. The Balaban J connectivity index is 1.36. The number of hydrogen-bond acceptors (Lipinski definition) is 5. The number of aromatic nitrogens is 1. The summed E-state index contributed by atoms with van der Waals surface area (Å²) in [7, 11) is 0. The van der Waals surface area contributed by atoms with Crippen LogP contribution >= 0.6 is 12.2 Å². The van der Waals surface area contributed by atoms with Crippen LogP contribution in [-0.4, -0.2) is 60.6 Å². The molecule has 25 heavy (non-hydrogen) atoms. The number of hydrazone groups is 1. The van der Waals surface area contributed by atoms with Crippen LogP contribution in [0.15, 0.2) is 41.6 Å². The molecule has 2 heterocycles. The average molecular weight is 357 g/mol. The van der Waals surface area contributed by atoms with E-state index in [1.165, 1.54) is 0 Å². The molecule has 2 N–H and O–H groups in total. The lowest BCUT2D eigenvalue weighted by Crippen LogP contribution is -2.39. The van der Waals surface area contributed by atoms with Crippen LogP contribution < -0.4 is 10.7 Å². The zero-order valence-corrected chi connectivity index (χ0v) is 15.0. The van der Waals surface area contributed by atoms with Crippen LogP contribution in [0.2, 0.25) is 0 Å². The van der Waals surface area contributed by atoms with Crippen LogP contribution in [-0.2, 0) is 4.74 Å². The van der Waals surface area contributed by atoms with Crippen molar-refractivity contribution >= 4 is 34.4 Å². The molecule has 1 aliphatic heterocycles. The summed E-state index contributed by atoms with van der Waals surface area (Å²) in [5.41, 5.74) is 4.84. The standard InChI is InChI=1S/C18H23N5OS/c25-18(20-7-2-8-23-9-11-24-12-10-23)22-21-14-15-4-5-17-16(13-15)3-1-6-19-17/h1,3-6,13-14H,2,7-12H2,(H2,20,22,25)/b21-14+. The second-order valence-corrected chi connectivity index (χ2v) is 6.30. The van der Waals surface area contributed by atoms with E-state index in [4.69, 9.17) is 17.0 Å². The Morgan fingerprint density at radius 1 is 1.32 bits per heavy atom. The fraction of sp³-hybridized carbons (Fsp3) is 0.389. The van der Waals surface area contributed by atoms with Gasteiger partial charge >= 0.3 is 0 Å². The summed E-state index contributed by atoms with van der Waals surface area (Å²) in [6.45, 7) is 5.62. The van der Waals surface area contributed by atoms with Crippen molar-refractivity contribution in [3.05, 3.63) is 42.1 Å². The van der Waals surface area contributed by atoms with Gasteiger partial charge in [0.15, 0.2) is 5.11 Å². The average Bonchev–Trinajstić information content (AvgIpc) is 2.66. The van der Waals surface area contributed by atoms with Gasteiger partial charge in [0.25, 0.3) is 0 Å². The molecule has 0 radical (unpaired) electrons. The van der Waals surface area contributed by atoms with Crippen molar-refractivity contribution < 1.29 is 4.74 Å². The maximum absolute atomic E-state index is 5.34. The van der Waals surface area contributed by atoms with Crippen molar-refractivity contribution in [2.24, 2.45) is 5.10 Å². The van der Waals surface area contributed by atoms with Gasteiger partial charge in [0.2, 0.25) is 0 Å². The number of morpholine rings is 1. The number of pyridine rings is 1. The molecule has 1 aliphatic rings. The Bertz CT molecular complexity index is 730. The molecule has 7 heteroatoms. The van der Waals surface area contributed by atoms with Gasteiger partial charge in [-0.3, -0.25) is 15.3 Å². The minimum Gasteiger partial charge on any atom is -0.379 e. The van der Waals surface area contributed by atoms with E-state index in [9.17, 15) is 0 Å². The van der Waals surface area contributed by atoms with Gasteiger partial charge in [-0.15, -0.1) is 0 Å². The predicted molar refractivity (Wildman–Crippen MR) is 105 cm³/mol. The molecule has 6 nitrogen and oxygen atoms in total. The Labute approximate surface area is 153 Å². The number of benzene rings is 1. The first-order chi connectivity index (χ1) is 12.3. The number of nitrogens with zero attached hydrogens (tertiary/aromatic N) is 3. The van der Waals surface area contributed by atoms with Crippen molar-refractivity contribution in [1.29, 1.82) is 0 Å². The van der Waals surface area contributed by atoms with Crippen molar-refractivity contribution in [2.45, 2.75) is 6.42 Å². The molecule has 0 saturated carbocycles. The van der Waals surface area contributed by atoms with E-state index < -0.39 is 0 Å². The zero-order chi connectivity index (χ0) is 17.3. The summed E-state index contributed by atoms with van der Waals surface area (Å²) < 4.78 is 5.34. The van der Waals surface area contributed by atoms with Crippen molar-refractivity contribution in [2.75, 3.05) is 39.4 Å². The minimum absolute atomic E-state index is 0.542. The van der Waals surface area contributed by atoms with Crippen LogP contribution in [0.5, 0.6) is 0 Å². The van der Waals surface area contributed by atoms with E-state index in [1.807, 2.05) is 30.3 Å². The highest BCUT2D eigenvalue weighted by Crippen LogP contribution is 2.11. The third-order valence-electron chi connectivity index (χ3n) is 4.05. The normalized spacial score (nSPS) is 15.5. The molecule has 0 amide bonds. The van der Waals surface area contributed by atoms with Crippen LogP contribution in [0, 0.1) is 0 Å². The lowest BCUT2D eigenvalue weighted by molar-refractivity contribution is 0.0376. The maximum atomic E-state index is 5.34. The Morgan fingerprint density at radius 2 is 2.20 bits per heavy atom. The molecule has 1 saturated heterocycles. The zero-order valence-electron chi connectivity index (χ0n) is 14.1. The molecule has 0 atom stereocenters. The molecule has 0 spiro atoms. The van der Waals surface area contributed by atoms with E-state index in [1.54, 1.807) is 12.4 Å². The van der Waals surface area contributed by atoms with Crippen molar-refractivity contribution in [3.8, 4) is 0 Å². The fourth-order valence-corrected chi connectivity index (χ4v) is 2.86. The third-order valence-corrected chi connectivity index (χ3v) is 4.28. The number of thiocarbonyl (C=S) groups is 1. The highest BCUT2D eigenvalue weighted by atomic mass is 32.1.